The molecule has 2 saturated heterocycles. The van der Waals surface area contributed by atoms with Crippen molar-refractivity contribution in [2.24, 2.45) is 0 Å². The van der Waals surface area contributed by atoms with Crippen LogP contribution in [0.5, 0.6) is 0 Å². The topological polar surface area (TPSA) is 85.4 Å². The molecule has 1 aromatic rings. The summed E-state index contributed by atoms with van der Waals surface area (Å²) in [6, 6.07) is 7.23. The van der Waals surface area contributed by atoms with Crippen molar-refractivity contribution in [3.63, 3.8) is 0 Å². The van der Waals surface area contributed by atoms with Gasteiger partial charge < -0.3 is 10.2 Å². The molecule has 3 rings (SSSR count). The van der Waals surface area contributed by atoms with Crippen molar-refractivity contribution < 1.29 is 4.92 Å². The summed E-state index contributed by atoms with van der Waals surface area (Å²) in [5.41, 5.74) is 1.15. The molecule has 0 aromatic heterocycles. The van der Waals surface area contributed by atoms with Crippen LogP contribution in [-0.2, 0) is 0 Å². The molecular weight excluding hydrogens is 270 g/mol. The summed E-state index contributed by atoms with van der Waals surface area (Å²) in [4.78, 5) is 14.9. The highest BCUT2D eigenvalue weighted by Gasteiger charge is 2.28. The first-order valence-corrected chi connectivity index (χ1v) is 7.07. The highest BCUT2D eigenvalue weighted by molar-refractivity contribution is 5.63. The number of rotatable bonds is 3. The molecule has 7 heteroatoms. The molecule has 2 heterocycles. The Hall–Kier alpha value is -2.17. The number of nitrogens with zero attached hydrogens (tertiary/aromatic N) is 4. The molecular formula is C14H17N5O2. The second-order valence-electron chi connectivity index (χ2n) is 5.41. The van der Waals surface area contributed by atoms with E-state index in [-0.39, 0.29) is 5.69 Å². The van der Waals surface area contributed by atoms with E-state index in [9.17, 15) is 15.4 Å². The summed E-state index contributed by atoms with van der Waals surface area (Å²) < 4.78 is 0. The highest BCUT2D eigenvalue weighted by Crippen LogP contribution is 2.26. The van der Waals surface area contributed by atoms with Crippen molar-refractivity contribution in [3.05, 3.63) is 33.9 Å². The Kier molecular flexibility index (Phi) is 3.73. The number of non-ortho nitro benzene ring substituents is 1. The minimum atomic E-state index is -0.466. The Balaban J connectivity index is 1.72. The van der Waals surface area contributed by atoms with Gasteiger partial charge in [-0.05, 0) is 6.07 Å². The number of nitrogens with one attached hydrogen (secondary N) is 1. The van der Waals surface area contributed by atoms with Crippen molar-refractivity contribution in [2.45, 2.75) is 6.04 Å². The Labute approximate surface area is 122 Å². The van der Waals surface area contributed by atoms with Crippen LogP contribution in [0.25, 0.3) is 0 Å². The van der Waals surface area contributed by atoms with Gasteiger partial charge in [0.1, 0.15) is 6.07 Å². The van der Waals surface area contributed by atoms with Crippen LogP contribution < -0.4 is 10.2 Å². The molecule has 7 nitrogen and oxygen atoms in total. The maximum absolute atomic E-state index is 10.8. The fourth-order valence-electron chi connectivity index (χ4n) is 2.86. The van der Waals surface area contributed by atoms with E-state index in [4.69, 9.17) is 0 Å². The van der Waals surface area contributed by atoms with Crippen LogP contribution in [0.4, 0.5) is 11.4 Å². The molecule has 1 aromatic carbocycles. The average molecular weight is 287 g/mol. The molecule has 2 aliphatic heterocycles. The van der Waals surface area contributed by atoms with E-state index >= 15 is 0 Å². The van der Waals surface area contributed by atoms with Gasteiger partial charge in [-0.25, -0.2) is 0 Å². The zero-order valence-electron chi connectivity index (χ0n) is 11.7. The van der Waals surface area contributed by atoms with Gasteiger partial charge in [0.2, 0.25) is 0 Å². The summed E-state index contributed by atoms with van der Waals surface area (Å²) in [6.07, 6.45) is 0. The summed E-state index contributed by atoms with van der Waals surface area (Å²) in [7, 11) is 0. The Morgan fingerprint density at radius 3 is 2.52 bits per heavy atom. The van der Waals surface area contributed by atoms with Crippen molar-refractivity contribution in [3.8, 4) is 6.07 Å². The summed E-state index contributed by atoms with van der Waals surface area (Å²) in [5.74, 6) is 0. The first-order chi connectivity index (χ1) is 10.2. The minimum Gasteiger partial charge on any atom is -0.368 e. The largest absolute Gasteiger partial charge is 0.368 e. The monoisotopic (exact) mass is 287 g/mol. The molecule has 0 unspecified atom stereocenters. The maximum atomic E-state index is 10.8. The molecule has 0 bridgehead atoms. The molecule has 2 aliphatic rings. The normalized spacial score (nSPS) is 19.9. The van der Waals surface area contributed by atoms with Gasteiger partial charge in [0.15, 0.2) is 0 Å². The summed E-state index contributed by atoms with van der Waals surface area (Å²) in [6.45, 7) is 5.75. The van der Waals surface area contributed by atoms with Gasteiger partial charge >= 0.3 is 0 Å². The lowest BCUT2D eigenvalue weighted by Crippen LogP contribution is -2.61. The zero-order valence-corrected chi connectivity index (χ0v) is 11.7. The number of piperazine rings is 1. The number of hydrogen-bond donors (Lipinski definition) is 1. The average Bonchev–Trinajstić information content (AvgIpc) is 2.45. The van der Waals surface area contributed by atoms with Crippen LogP contribution in [0.1, 0.15) is 5.56 Å². The van der Waals surface area contributed by atoms with E-state index < -0.39 is 4.92 Å². The third-order valence-electron chi connectivity index (χ3n) is 4.24. The Morgan fingerprint density at radius 1 is 1.29 bits per heavy atom. The van der Waals surface area contributed by atoms with E-state index in [1.54, 1.807) is 6.07 Å². The lowest BCUT2D eigenvalue weighted by molar-refractivity contribution is -0.384. The molecule has 21 heavy (non-hydrogen) atoms. The predicted octanol–water partition coefficient (Wildman–Crippen LogP) is 0.560. The van der Waals surface area contributed by atoms with Gasteiger partial charge in [-0.1, -0.05) is 0 Å². The summed E-state index contributed by atoms with van der Waals surface area (Å²) >= 11 is 0. The third kappa shape index (κ3) is 2.68. The van der Waals surface area contributed by atoms with Crippen molar-refractivity contribution in [1.29, 1.82) is 5.26 Å². The third-order valence-corrected chi connectivity index (χ3v) is 4.24. The van der Waals surface area contributed by atoms with Crippen LogP contribution in [0.3, 0.4) is 0 Å². The number of nitriles is 1. The van der Waals surface area contributed by atoms with E-state index in [1.807, 2.05) is 0 Å². The second kappa shape index (κ2) is 5.68. The van der Waals surface area contributed by atoms with E-state index in [0.29, 0.717) is 11.6 Å². The smallest absolute Gasteiger partial charge is 0.270 e. The van der Waals surface area contributed by atoms with Gasteiger partial charge in [0.25, 0.3) is 5.69 Å². The van der Waals surface area contributed by atoms with Gasteiger partial charge in [0, 0.05) is 57.4 Å². The van der Waals surface area contributed by atoms with Crippen molar-refractivity contribution >= 4 is 11.4 Å². The number of anilines is 1. The molecule has 110 valence electrons. The van der Waals surface area contributed by atoms with Crippen LogP contribution in [0.15, 0.2) is 18.2 Å². The number of hydrogen-bond acceptors (Lipinski definition) is 6. The number of nitro groups is 1. The number of benzene rings is 1. The maximum Gasteiger partial charge on any atom is 0.270 e. The molecule has 0 amide bonds. The van der Waals surface area contributed by atoms with Gasteiger partial charge in [-0.3, -0.25) is 15.0 Å². The molecule has 0 atom stereocenters. The predicted molar refractivity (Wildman–Crippen MR) is 78.3 cm³/mol. The molecule has 0 saturated carbocycles. The highest BCUT2D eigenvalue weighted by atomic mass is 16.6. The van der Waals surface area contributed by atoms with Crippen LogP contribution >= 0.6 is 0 Å². The number of nitro benzene ring substituents is 1. The molecule has 0 spiro atoms. The lowest BCUT2D eigenvalue weighted by Gasteiger charge is -2.44. The van der Waals surface area contributed by atoms with E-state index in [0.717, 1.165) is 45.0 Å². The molecule has 2 fully saturated rings. The fourth-order valence-corrected chi connectivity index (χ4v) is 2.86. The molecule has 0 aliphatic carbocycles. The van der Waals surface area contributed by atoms with E-state index in [2.05, 4.69) is 21.2 Å². The Morgan fingerprint density at radius 2 is 2.00 bits per heavy atom. The SMILES string of the molecule is N#Cc1cc([N+](=O)[O-])ccc1N1CCN(C2CNC2)CC1. The fraction of sp³-hybridized carbons (Fsp3) is 0.500. The zero-order chi connectivity index (χ0) is 14.8. The van der Waals surface area contributed by atoms with Crippen molar-refractivity contribution in [2.75, 3.05) is 44.2 Å². The first-order valence-electron chi connectivity index (χ1n) is 7.07. The minimum absolute atomic E-state index is 0.0329. The summed E-state index contributed by atoms with van der Waals surface area (Å²) in [5, 5.41) is 23.3. The standard InChI is InChI=1S/C14H17N5O2/c15-8-11-7-12(19(20)21)1-2-14(11)18-5-3-17(4-6-18)13-9-16-10-13/h1-2,7,13,16H,3-6,9-10H2. The van der Waals surface area contributed by atoms with Gasteiger partial charge in [0.05, 0.1) is 16.2 Å². The second-order valence-corrected chi connectivity index (χ2v) is 5.41. The van der Waals surface area contributed by atoms with Crippen LogP contribution in [-0.4, -0.2) is 55.1 Å². The van der Waals surface area contributed by atoms with Crippen LogP contribution in [0, 0.1) is 21.4 Å². The quantitative estimate of drug-likeness (QED) is 0.646. The van der Waals surface area contributed by atoms with Crippen molar-refractivity contribution in [1.82, 2.24) is 10.2 Å². The van der Waals surface area contributed by atoms with Crippen LogP contribution in [0.2, 0.25) is 0 Å². The Bertz CT molecular complexity index is 586. The molecule has 1 N–H and O–H groups in total. The lowest BCUT2D eigenvalue weighted by atomic mass is 10.1. The van der Waals surface area contributed by atoms with Gasteiger partial charge in [-0.15, -0.1) is 0 Å². The van der Waals surface area contributed by atoms with Gasteiger partial charge in [-0.2, -0.15) is 5.26 Å². The molecule has 0 radical (unpaired) electrons. The van der Waals surface area contributed by atoms with E-state index in [1.165, 1.54) is 12.1 Å². The first kappa shape index (κ1) is 13.8.